The zero-order valence-corrected chi connectivity index (χ0v) is 17.4. The van der Waals surface area contributed by atoms with Crippen LogP contribution in [0.25, 0.3) is 0 Å². The zero-order chi connectivity index (χ0) is 22.2. The number of nitrogens with zero attached hydrogens (tertiary/aromatic N) is 6. The summed E-state index contributed by atoms with van der Waals surface area (Å²) >= 11 is 0. The lowest BCUT2D eigenvalue weighted by Gasteiger charge is -2.34. The second-order valence-electron chi connectivity index (χ2n) is 7.31. The van der Waals surface area contributed by atoms with Crippen LogP contribution in [0.1, 0.15) is 5.69 Å². The Bertz CT molecular complexity index is 1020. The van der Waals surface area contributed by atoms with Crippen molar-refractivity contribution in [1.82, 2.24) is 28.7 Å². The number of sulfonamides is 1. The molecule has 2 aliphatic rings. The molecule has 0 bridgehead atoms. The van der Waals surface area contributed by atoms with Crippen LogP contribution in [0, 0.1) is 0 Å². The quantitative estimate of drug-likeness (QED) is 0.629. The molecule has 14 heteroatoms. The van der Waals surface area contributed by atoms with Gasteiger partial charge in [-0.15, -0.1) is 0 Å². The molecule has 4 heterocycles. The number of aromatic nitrogens is 4. The van der Waals surface area contributed by atoms with Gasteiger partial charge in [0.15, 0.2) is 10.7 Å². The van der Waals surface area contributed by atoms with E-state index in [9.17, 15) is 21.6 Å². The second-order valence-corrected chi connectivity index (χ2v) is 9.20. The van der Waals surface area contributed by atoms with Crippen LogP contribution in [0.2, 0.25) is 0 Å². The topological polar surface area (TPSA) is 103 Å². The molecule has 2 atom stereocenters. The van der Waals surface area contributed by atoms with E-state index in [1.54, 1.807) is 7.05 Å². The van der Waals surface area contributed by atoms with Gasteiger partial charge in [0.05, 0.1) is 32.1 Å². The number of hydrogen-bond acceptors (Lipinski definition) is 8. The van der Waals surface area contributed by atoms with E-state index in [1.165, 1.54) is 21.4 Å². The Labute approximate surface area is 176 Å². The first-order valence-electron chi connectivity index (χ1n) is 9.50. The van der Waals surface area contributed by atoms with Crippen molar-refractivity contribution in [1.29, 1.82) is 0 Å². The van der Waals surface area contributed by atoms with E-state index in [2.05, 4.69) is 15.0 Å². The fourth-order valence-electron chi connectivity index (χ4n) is 3.66. The third kappa shape index (κ3) is 4.66. The van der Waals surface area contributed by atoms with Gasteiger partial charge in [-0.05, 0) is 0 Å². The highest BCUT2D eigenvalue weighted by Gasteiger charge is 2.45. The maximum atomic E-state index is 13.0. The maximum absolute atomic E-state index is 13.0. The Morgan fingerprint density at radius 2 is 1.90 bits per heavy atom. The summed E-state index contributed by atoms with van der Waals surface area (Å²) in [6.45, 7) is 2.12. The van der Waals surface area contributed by atoms with E-state index in [0.717, 1.165) is 6.33 Å². The average molecular weight is 462 g/mol. The Morgan fingerprint density at radius 3 is 2.55 bits per heavy atom. The van der Waals surface area contributed by atoms with E-state index in [-0.39, 0.29) is 30.0 Å². The van der Waals surface area contributed by atoms with Gasteiger partial charge in [0.1, 0.15) is 12.4 Å². The van der Waals surface area contributed by atoms with Gasteiger partial charge in [0, 0.05) is 38.9 Å². The number of rotatable bonds is 5. The Hall–Kier alpha value is -2.29. The maximum Gasteiger partial charge on any atom is 0.433 e. The Morgan fingerprint density at radius 1 is 1.16 bits per heavy atom. The molecule has 0 aromatic carbocycles. The average Bonchev–Trinajstić information content (AvgIpc) is 3.36. The molecule has 0 radical (unpaired) electrons. The first-order chi connectivity index (χ1) is 14.6. The molecule has 2 fully saturated rings. The van der Waals surface area contributed by atoms with Crippen LogP contribution in [-0.4, -0.2) is 88.7 Å². The largest absolute Gasteiger partial charge is 0.471 e. The molecule has 10 nitrogen and oxygen atoms in total. The Balaban J connectivity index is 1.59. The van der Waals surface area contributed by atoms with Gasteiger partial charge in [-0.1, -0.05) is 0 Å². The van der Waals surface area contributed by atoms with Crippen LogP contribution in [0.5, 0.6) is 5.88 Å². The molecule has 2 aromatic heterocycles. The number of imidazole rings is 1. The van der Waals surface area contributed by atoms with Crippen LogP contribution in [0.15, 0.2) is 29.9 Å². The van der Waals surface area contributed by atoms with Crippen molar-refractivity contribution in [2.75, 3.05) is 39.4 Å². The molecular formula is C17H21F3N6O4S. The van der Waals surface area contributed by atoms with E-state index < -0.39 is 28.0 Å². The fourth-order valence-corrected chi connectivity index (χ4v) is 5.10. The summed E-state index contributed by atoms with van der Waals surface area (Å²) in [5, 5.41) is -0.0993. The van der Waals surface area contributed by atoms with Crippen LogP contribution in [0.4, 0.5) is 13.2 Å². The monoisotopic (exact) mass is 462 g/mol. The van der Waals surface area contributed by atoms with Crippen molar-refractivity contribution >= 4 is 10.0 Å². The molecular weight excluding hydrogens is 441 g/mol. The Kier molecular flexibility index (Phi) is 5.89. The van der Waals surface area contributed by atoms with Gasteiger partial charge in [-0.25, -0.2) is 23.4 Å². The predicted octanol–water partition coefficient (Wildman–Crippen LogP) is 0.382. The molecule has 0 saturated carbocycles. The summed E-state index contributed by atoms with van der Waals surface area (Å²) in [4.78, 5) is 13.0. The van der Waals surface area contributed by atoms with E-state index in [0.29, 0.717) is 32.4 Å². The van der Waals surface area contributed by atoms with Crippen LogP contribution in [-0.2, 0) is 28.0 Å². The lowest BCUT2D eigenvalue weighted by molar-refractivity contribution is -0.141. The van der Waals surface area contributed by atoms with Crippen molar-refractivity contribution in [2.24, 2.45) is 7.05 Å². The smallest absolute Gasteiger partial charge is 0.433 e. The predicted molar refractivity (Wildman–Crippen MR) is 99.6 cm³/mol. The molecule has 4 rings (SSSR count). The summed E-state index contributed by atoms with van der Waals surface area (Å²) < 4.78 is 79.0. The minimum absolute atomic E-state index is 0.0493. The molecule has 170 valence electrons. The van der Waals surface area contributed by atoms with Crippen molar-refractivity contribution in [3.05, 3.63) is 30.6 Å². The SMILES string of the molecule is Cn1cnc(S(=O)(=O)N2CC(Oc3cc(C(F)(F)F)ncn3)C(N3CCOCC3)C2)c1. The van der Waals surface area contributed by atoms with Crippen molar-refractivity contribution in [3.63, 3.8) is 0 Å². The van der Waals surface area contributed by atoms with Crippen LogP contribution < -0.4 is 4.74 Å². The summed E-state index contributed by atoms with van der Waals surface area (Å²) in [5.41, 5.74) is -1.13. The standard InChI is InChI=1S/C17H21F3N6O4S/c1-24-9-16(23-11-24)31(27,28)26-7-12(25-2-4-29-5-3-25)13(8-26)30-15-6-14(17(18,19)20)21-10-22-15/h6,9-13H,2-5,7-8H2,1H3. The highest BCUT2D eigenvalue weighted by molar-refractivity contribution is 7.89. The van der Waals surface area contributed by atoms with E-state index in [4.69, 9.17) is 9.47 Å². The number of hydrogen-bond donors (Lipinski definition) is 0. The van der Waals surface area contributed by atoms with Crippen LogP contribution in [0.3, 0.4) is 0 Å². The summed E-state index contributed by atoms with van der Waals surface area (Å²) in [7, 11) is -2.24. The van der Waals surface area contributed by atoms with Gasteiger partial charge in [0.25, 0.3) is 10.0 Å². The van der Waals surface area contributed by atoms with Gasteiger partial charge in [-0.2, -0.15) is 17.5 Å². The molecule has 2 aromatic rings. The van der Waals surface area contributed by atoms with Crippen molar-refractivity contribution in [2.45, 2.75) is 23.3 Å². The molecule has 2 aliphatic heterocycles. The molecule has 0 aliphatic carbocycles. The minimum atomic E-state index is -4.64. The van der Waals surface area contributed by atoms with E-state index in [1.807, 2.05) is 4.90 Å². The van der Waals surface area contributed by atoms with Crippen LogP contribution >= 0.6 is 0 Å². The highest BCUT2D eigenvalue weighted by atomic mass is 32.2. The third-order valence-electron chi connectivity index (χ3n) is 5.21. The van der Waals surface area contributed by atoms with Crippen molar-refractivity contribution < 1.29 is 31.1 Å². The molecule has 31 heavy (non-hydrogen) atoms. The summed E-state index contributed by atoms with van der Waals surface area (Å²) in [5.74, 6) is -0.261. The first kappa shape index (κ1) is 21.9. The molecule has 0 amide bonds. The minimum Gasteiger partial charge on any atom is -0.471 e. The number of aryl methyl sites for hydroxylation is 1. The molecule has 2 unspecified atom stereocenters. The normalized spacial score (nSPS) is 23.9. The zero-order valence-electron chi connectivity index (χ0n) is 16.6. The van der Waals surface area contributed by atoms with Gasteiger partial charge in [-0.3, -0.25) is 4.90 Å². The van der Waals surface area contributed by atoms with Gasteiger partial charge >= 0.3 is 6.18 Å². The summed E-state index contributed by atoms with van der Waals surface area (Å²) in [6.07, 6.45) is -1.82. The van der Waals surface area contributed by atoms with E-state index >= 15 is 0 Å². The van der Waals surface area contributed by atoms with Gasteiger partial charge in [0.2, 0.25) is 5.88 Å². The lowest BCUT2D eigenvalue weighted by Crippen LogP contribution is -2.50. The molecule has 0 spiro atoms. The number of morpholine rings is 1. The lowest BCUT2D eigenvalue weighted by atomic mass is 10.1. The fraction of sp³-hybridized carbons (Fsp3) is 0.588. The summed E-state index contributed by atoms with van der Waals surface area (Å²) in [6, 6.07) is 0.332. The number of ether oxygens (including phenoxy) is 2. The second kappa shape index (κ2) is 8.33. The molecule has 2 saturated heterocycles. The number of halogens is 3. The third-order valence-corrected chi connectivity index (χ3v) is 6.93. The first-order valence-corrected chi connectivity index (χ1v) is 10.9. The molecule has 0 N–H and O–H groups in total. The van der Waals surface area contributed by atoms with Crippen molar-refractivity contribution in [3.8, 4) is 5.88 Å². The number of alkyl halides is 3. The highest BCUT2D eigenvalue weighted by Crippen LogP contribution is 2.30. The van der Waals surface area contributed by atoms with Gasteiger partial charge < -0.3 is 14.0 Å².